The zero-order valence-electron chi connectivity index (χ0n) is 18.0. The lowest BCUT2D eigenvalue weighted by atomic mass is 9.98. The van der Waals surface area contributed by atoms with Crippen LogP contribution in [0.1, 0.15) is 44.0 Å². The minimum absolute atomic E-state index is 0.229. The number of amides is 2. The number of ether oxygens (including phenoxy) is 1. The van der Waals surface area contributed by atoms with E-state index in [2.05, 4.69) is 15.3 Å². The predicted molar refractivity (Wildman–Crippen MR) is 122 cm³/mol. The van der Waals surface area contributed by atoms with Crippen LogP contribution in [0.2, 0.25) is 5.02 Å². The number of pyridine rings is 1. The molecule has 0 atom stereocenters. The third-order valence-electron chi connectivity index (χ3n) is 4.73. The second kappa shape index (κ2) is 9.92. The van der Waals surface area contributed by atoms with E-state index in [0.717, 1.165) is 12.8 Å². The summed E-state index contributed by atoms with van der Waals surface area (Å²) in [6.45, 7) is 6.83. The largest absolute Gasteiger partial charge is 0.444 e. The number of halogens is 1. The van der Waals surface area contributed by atoms with Crippen LogP contribution in [0, 0.1) is 5.92 Å². The molecule has 31 heavy (non-hydrogen) atoms. The van der Waals surface area contributed by atoms with Crippen LogP contribution < -0.4 is 5.32 Å². The van der Waals surface area contributed by atoms with Crippen molar-refractivity contribution in [3.05, 3.63) is 53.2 Å². The van der Waals surface area contributed by atoms with Crippen LogP contribution in [-0.2, 0) is 4.74 Å². The van der Waals surface area contributed by atoms with Gasteiger partial charge in [-0.15, -0.1) is 0 Å². The number of nitrogens with one attached hydrogen (secondary N) is 1. The lowest BCUT2D eigenvalue weighted by Gasteiger charge is -2.32. The molecule has 2 aromatic rings. The van der Waals surface area contributed by atoms with E-state index in [-0.39, 0.29) is 17.9 Å². The van der Waals surface area contributed by atoms with Gasteiger partial charge in [0.25, 0.3) is 5.91 Å². The zero-order chi connectivity index (χ0) is 22.4. The summed E-state index contributed by atoms with van der Waals surface area (Å²) in [5.41, 5.74) is 0.548. The molecule has 7 nitrogen and oxygen atoms in total. The van der Waals surface area contributed by atoms with Crippen molar-refractivity contribution in [3.63, 3.8) is 0 Å². The first-order chi connectivity index (χ1) is 14.7. The monoisotopic (exact) mass is 442 g/mol. The van der Waals surface area contributed by atoms with Gasteiger partial charge in [-0.25, -0.2) is 9.78 Å². The molecule has 0 bridgehead atoms. The molecule has 0 spiro atoms. The third kappa shape index (κ3) is 6.79. The van der Waals surface area contributed by atoms with E-state index >= 15 is 0 Å². The van der Waals surface area contributed by atoms with Gasteiger partial charge in [-0.3, -0.25) is 9.79 Å². The Morgan fingerprint density at radius 3 is 2.55 bits per heavy atom. The molecule has 3 rings (SSSR count). The molecule has 0 saturated carbocycles. The number of benzene rings is 1. The number of nitrogens with zero attached hydrogens (tertiary/aromatic N) is 3. The standard InChI is InChI=1S/C23H27ClN4O3/c1-23(2,3)31-22(30)28-12-10-16(11-13-28)14-25-19-7-5-4-6-18(19)21(29)27-20-9-8-17(24)15-26-20/h4-9,14-16H,10-13H2,1-3H3,(H,26,27,29). The van der Waals surface area contributed by atoms with Crippen LogP contribution >= 0.6 is 11.6 Å². The Morgan fingerprint density at radius 2 is 1.90 bits per heavy atom. The van der Waals surface area contributed by atoms with Crippen LogP contribution in [0.25, 0.3) is 0 Å². The van der Waals surface area contributed by atoms with Crippen LogP contribution in [-0.4, -0.2) is 46.8 Å². The Balaban J connectivity index is 1.60. The first-order valence-corrected chi connectivity index (χ1v) is 10.6. The van der Waals surface area contributed by atoms with Gasteiger partial charge in [-0.2, -0.15) is 0 Å². The summed E-state index contributed by atoms with van der Waals surface area (Å²) in [5.74, 6) is 0.359. The maximum atomic E-state index is 12.7. The SMILES string of the molecule is CC(C)(C)OC(=O)N1CCC(C=Nc2ccccc2C(=O)Nc2ccc(Cl)cn2)CC1. The molecule has 1 aromatic carbocycles. The summed E-state index contributed by atoms with van der Waals surface area (Å²) >= 11 is 5.84. The van der Waals surface area contributed by atoms with E-state index in [0.29, 0.717) is 35.2 Å². The van der Waals surface area contributed by atoms with Crippen LogP contribution in [0.15, 0.2) is 47.6 Å². The maximum Gasteiger partial charge on any atom is 0.410 e. The Labute approximate surface area is 187 Å². The number of aliphatic imine (C=N–C) groups is 1. The quantitative estimate of drug-likeness (QED) is 0.648. The number of carbonyl (C=O) groups is 2. The number of piperidine rings is 1. The summed E-state index contributed by atoms with van der Waals surface area (Å²) in [6, 6.07) is 10.5. The first kappa shape index (κ1) is 22.7. The molecule has 2 amide bonds. The number of para-hydroxylation sites is 1. The third-order valence-corrected chi connectivity index (χ3v) is 4.96. The summed E-state index contributed by atoms with van der Waals surface area (Å²) in [4.78, 5) is 35.3. The predicted octanol–water partition coefficient (Wildman–Crippen LogP) is 5.34. The van der Waals surface area contributed by atoms with Crippen LogP contribution in [0.3, 0.4) is 0 Å². The van der Waals surface area contributed by atoms with E-state index in [9.17, 15) is 9.59 Å². The van der Waals surface area contributed by atoms with Gasteiger partial charge in [0.2, 0.25) is 0 Å². The van der Waals surface area contributed by atoms with Gasteiger partial charge < -0.3 is 15.0 Å². The van der Waals surface area contributed by atoms with Gasteiger partial charge in [-0.05, 0) is 63.8 Å². The van der Waals surface area contributed by atoms with E-state index in [4.69, 9.17) is 16.3 Å². The van der Waals surface area contributed by atoms with Crippen molar-refractivity contribution in [3.8, 4) is 0 Å². The van der Waals surface area contributed by atoms with Crippen molar-refractivity contribution in [2.45, 2.75) is 39.2 Å². The van der Waals surface area contributed by atoms with Gasteiger partial charge in [0.15, 0.2) is 0 Å². The minimum atomic E-state index is -0.499. The molecule has 1 aliphatic heterocycles. The first-order valence-electron chi connectivity index (χ1n) is 10.3. The fourth-order valence-corrected chi connectivity index (χ4v) is 3.27. The molecule has 1 saturated heterocycles. The highest BCUT2D eigenvalue weighted by molar-refractivity contribution is 6.30. The average molecular weight is 443 g/mol. The Morgan fingerprint density at radius 1 is 1.19 bits per heavy atom. The van der Waals surface area contributed by atoms with Gasteiger partial charge in [0.05, 0.1) is 16.3 Å². The lowest BCUT2D eigenvalue weighted by molar-refractivity contribution is 0.0203. The van der Waals surface area contributed by atoms with Crippen molar-refractivity contribution in [2.75, 3.05) is 18.4 Å². The average Bonchev–Trinajstić information content (AvgIpc) is 2.73. The second-order valence-electron chi connectivity index (χ2n) is 8.42. The minimum Gasteiger partial charge on any atom is -0.444 e. The van der Waals surface area contributed by atoms with E-state index < -0.39 is 5.60 Å². The summed E-state index contributed by atoms with van der Waals surface area (Å²) in [5, 5.41) is 3.26. The molecule has 1 N–H and O–H groups in total. The second-order valence-corrected chi connectivity index (χ2v) is 8.85. The van der Waals surface area contributed by atoms with Crippen molar-refractivity contribution in [1.82, 2.24) is 9.88 Å². The molecule has 1 aliphatic rings. The summed E-state index contributed by atoms with van der Waals surface area (Å²) in [7, 11) is 0. The Kier molecular flexibility index (Phi) is 7.28. The normalized spacial score (nSPS) is 15.2. The summed E-state index contributed by atoms with van der Waals surface area (Å²) < 4.78 is 5.44. The van der Waals surface area contributed by atoms with Crippen molar-refractivity contribution in [2.24, 2.45) is 10.9 Å². The zero-order valence-corrected chi connectivity index (χ0v) is 18.7. The summed E-state index contributed by atoms with van der Waals surface area (Å²) in [6.07, 6.45) is 4.67. The van der Waals surface area contributed by atoms with E-state index in [1.165, 1.54) is 6.20 Å². The molecular weight excluding hydrogens is 416 g/mol. The number of likely N-dealkylation sites (tertiary alicyclic amines) is 1. The molecule has 8 heteroatoms. The van der Waals surface area contributed by atoms with Gasteiger partial charge in [0, 0.05) is 25.5 Å². The number of rotatable bonds is 4. The number of aromatic nitrogens is 1. The Bertz CT molecular complexity index is 946. The van der Waals surface area contributed by atoms with Crippen LogP contribution in [0.4, 0.5) is 16.3 Å². The van der Waals surface area contributed by atoms with Gasteiger partial charge >= 0.3 is 6.09 Å². The van der Waals surface area contributed by atoms with Gasteiger partial charge in [0.1, 0.15) is 11.4 Å². The molecule has 0 unspecified atom stereocenters. The van der Waals surface area contributed by atoms with Crippen molar-refractivity contribution >= 4 is 41.3 Å². The molecule has 0 radical (unpaired) electrons. The molecule has 164 valence electrons. The van der Waals surface area contributed by atoms with Crippen molar-refractivity contribution < 1.29 is 14.3 Å². The molecule has 2 heterocycles. The van der Waals surface area contributed by atoms with Gasteiger partial charge in [-0.1, -0.05) is 23.7 Å². The highest BCUT2D eigenvalue weighted by atomic mass is 35.5. The molecular formula is C23H27ClN4O3. The molecule has 1 aromatic heterocycles. The Hall–Kier alpha value is -2.93. The number of carbonyl (C=O) groups excluding carboxylic acids is 2. The van der Waals surface area contributed by atoms with Crippen molar-refractivity contribution in [1.29, 1.82) is 0 Å². The highest BCUT2D eigenvalue weighted by Crippen LogP contribution is 2.23. The fourth-order valence-electron chi connectivity index (χ4n) is 3.15. The lowest BCUT2D eigenvalue weighted by Crippen LogP contribution is -2.41. The highest BCUT2D eigenvalue weighted by Gasteiger charge is 2.26. The van der Waals surface area contributed by atoms with E-state index in [1.54, 1.807) is 35.2 Å². The van der Waals surface area contributed by atoms with Crippen LogP contribution in [0.5, 0.6) is 0 Å². The number of anilines is 1. The maximum absolute atomic E-state index is 12.7. The number of hydrogen-bond donors (Lipinski definition) is 1. The smallest absolute Gasteiger partial charge is 0.410 e. The van der Waals surface area contributed by atoms with E-state index in [1.807, 2.05) is 33.1 Å². The fraction of sp³-hybridized carbons (Fsp3) is 0.391. The number of hydrogen-bond acceptors (Lipinski definition) is 5. The molecule has 0 aliphatic carbocycles. The molecule has 1 fully saturated rings. The topological polar surface area (TPSA) is 83.9 Å².